The third-order valence-corrected chi connectivity index (χ3v) is 8.03. The van der Waals surface area contributed by atoms with Crippen molar-refractivity contribution >= 4 is 34.1 Å². The Bertz CT molecular complexity index is 1170. The van der Waals surface area contributed by atoms with Gasteiger partial charge in [0.25, 0.3) is 0 Å². The minimum Gasteiger partial charge on any atom is -0.189 e. The van der Waals surface area contributed by atoms with Crippen molar-refractivity contribution in [2.75, 3.05) is 0 Å². The van der Waals surface area contributed by atoms with Crippen LogP contribution in [0, 0.1) is 12.1 Å². The number of hydrogen-bond acceptors (Lipinski definition) is 2. The Morgan fingerprint density at radius 2 is 1.34 bits per heavy atom. The minimum atomic E-state index is -4.93. The van der Waals surface area contributed by atoms with Gasteiger partial charge in [0.2, 0.25) is 0 Å². The Labute approximate surface area is 171 Å². The molecule has 0 amide bonds. The summed E-state index contributed by atoms with van der Waals surface area (Å²) in [5.74, 6) is 0. The molecule has 0 unspecified atom stereocenters. The Morgan fingerprint density at radius 1 is 0.724 bits per heavy atom. The quantitative estimate of drug-likeness (QED) is 0.356. The summed E-state index contributed by atoms with van der Waals surface area (Å²) in [5, 5.41) is 2.33. The first kappa shape index (κ1) is 19.3. The van der Waals surface area contributed by atoms with Gasteiger partial charge in [0.15, 0.2) is 0 Å². The molecule has 2 nitrogen and oxygen atoms in total. The van der Waals surface area contributed by atoms with Gasteiger partial charge in [0.1, 0.15) is 4.90 Å². The maximum absolute atomic E-state index is 14.4. The third kappa shape index (κ3) is 4.07. The third-order valence-electron chi connectivity index (χ3n) is 4.45. The standard InChI is InChI=1S/C24H16FO2PS/c25-29(26,27)23-18-10-17-22(19-11-4-1-5-12-19)24(23)28(20-13-6-2-7-14-20)21-15-8-3-9-16-21/h1-4,6-11,13-18H. The first-order chi connectivity index (χ1) is 14.1. The van der Waals surface area contributed by atoms with Crippen LogP contribution in [0.5, 0.6) is 0 Å². The van der Waals surface area contributed by atoms with E-state index >= 15 is 0 Å². The molecule has 4 aromatic rings. The molecule has 29 heavy (non-hydrogen) atoms. The molecule has 4 aromatic carbocycles. The molecule has 0 saturated heterocycles. The Kier molecular flexibility index (Phi) is 5.45. The fourth-order valence-electron chi connectivity index (χ4n) is 3.24. The van der Waals surface area contributed by atoms with Gasteiger partial charge in [0, 0.05) is 10.9 Å². The molecule has 0 spiro atoms. The normalized spacial score (nSPS) is 11.2. The van der Waals surface area contributed by atoms with E-state index in [2.05, 4.69) is 12.1 Å². The predicted molar refractivity (Wildman–Crippen MR) is 117 cm³/mol. The van der Waals surface area contributed by atoms with Crippen LogP contribution in [-0.4, -0.2) is 8.42 Å². The molecule has 0 aliphatic heterocycles. The van der Waals surface area contributed by atoms with Crippen LogP contribution in [0.15, 0.2) is 102 Å². The van der Waals surface area contributed by atoms with Gasteiger partial charge in [-0.25, -0.2) is 0 Å². The summed E-state index contributed by atoms with van der Waals surface area (Å²) in [6, 6.07) is 35.2. The molecule has 0 N–H and O–H groups in total. The van der Waals surface area contributed by atoms with E-state index in [9.17, 15) is 12.3 Å². The van der Waals surface area contributed by atoms with E-state index in [4.69, 9.17) is 0 Å². The van der Waals surface area contributed by atoms with Crippen LogP contribution < -0.4 is 15.9 Å². The zero-order valence-corrected chi connectivity index (χ0v) is 17.0. The molecule has 5 heteroatoms. The smallest absolute Gasteiger partial charge is 0.189 e. The highest BCUT2D eigenvalue weighted by molar-refractivity contribution is 7.88. The molecule has 0 heterocycles. The molecular formula is C24H16FO2PS. The van der Waals surface area contributed by atoms with Crippen LogP contribution in [0.3, 0.4) is 0 Å². The molecule has 0 radical (unpaired) electrons. The second-order valence-corrected chi connectivity index (χ2v) is 9.77. The topological polar surface area (TPSA) is 34.1 Å². The van der Waals surface area contributed by atoms with Crippen LogP contribution in [0.2, 0.25) is 0 Å². The lowest BCUT2D eigenvalue weighted by atomic mass is 10.1. The van der Waals surface area contributed by atoms with E-state index in [1.165, 1.54) is 6.07 Å². The van der Waals surface area contributed by atoms with Crippen LogP contribution in [0.1, 0.15) is 0 Å². The van der Waals surface area contributed by atoms with E-state index in [1.54, 1.807) is 18.2 Å². The highest BCUT2D eigenvalue weighted by Gasteiger charge is 2.28. The Hall–Kier alpha value is -2.99. The first-order valence-electron chi connectivity index (χ1n) is 8.92. The van der Waals surface area contributed by atoms with E-state index in [-0.39, 0.29) is 4.90 Å². The number of hydrogen-bond donors (Lipinski definition) is 0. The molecule has 0 saturated carbocycles. The van der Waals surface area contributed by atoms with Crippen molar-refractivity contribution in [3.05, 3.63) is 109 Å². The molecule has 0 fully saturated rings. The maximum atomic E-state index is 14.4. The lowest BCUT2D eigenvalue weighted by molar-refractivity contribution is 0.553. The monoisotopic (exact) mass is 418 g/mol. The van der Waals surface area contributed by atoms with Crippen molar-refractivity contribution < 1.29 is 12.3 Å². The van der Waals surface area contributed by atoms with Gasteiger partial charge in [-0.1, -0.05) is 91.0 Å². The zero-order valence-electron chi connectivity index (χ0n) is 15.3. The molecule has 142 valence electrons. The second kappa shape index (κ2) is 8.17. The SMILES string of the molecule is O=S(=O)(F)c1cccc(-c2c#cccc2)c1P(c1ccccc1)c1ccccc1. The van der Waals surface area contributed by atoms with Crippen molar-refractivity contribution in [3.8, 4) is 11.1 Å². The summed E-state index contributed by atoms with van der Waals surface area (Å²) in [7, 11) is -6.26. The fraction of sp³-hybridized carbons (Fsp3) is 0. The van der Waals surface area contributed by atoms with E-state index < -0.39 is 18.1 Å². The molecule has 0 aliphatic rings. The molecule has 0 aromatic heterocycles. The van der Waals surface area contributed by atoms with Crippen molar-refractivity contribution in [1.29, 1.82) is 0 Å². The van der Waals surface area contributed by atoms with E-state index in [0.29, 0.717) is 16.4 Å². The van der Waals surface area contributed by atoms with Gasteiger partial charge < -0.3 is 0 Å². The van der Waals surface area contributed by atoms with Crippen molar-refractivity contribution in [2.24, 2.45) is 0 Å². The van der Waals surface area contributed by atoms with Crippen LogP contribution in [-0.2, 0) is 10.2 Å². The van der Waals surface area contributed by atoms with Crippen molar-refractivity contribution in [1.82, 2.24) is 0 Å². The summed E-state index contributed by atoms with van der Waals surface area (Å²) in [5.41, 5.74) is 1.31. The Balaban J connectivity index is 2.09. The van der Waals surface area contributed by atoms with Crippen molar-refractivity contribution in [3.63, 3.8) is 0 Å². The predicted octanol–water partition coefficient (Wildman–Crippen LogP) is 4.37. The average molecular weight is 418 g/mol. The summed E-state index contributed by atoms with van der Waals surface area (Å²) in [6.45, 7) is 0. The molecule has 4 rings (SSSR count). The highest BCUT2D eigenvalue weighted by Crippen LogP contribution is 2.39. The number of rotatable bonds is 5. The zero-order chi connectivity index (χ0) is 20.3. The van der Waals surface area contributed by atoms with E-state index in [0.717, 1.165) is 10.6 Å². The van der Waals surface area contributed by atoms with E-state index in [1.807, 2.05) is 72.8 Å². The Morgan fingerprint density at radius 3 is 1.86 bits per heavy atom. The summed E-state index contributed by atoms with van der Waals surface area (Å²) >= 11 is 0. The summed E-state index contributed by atoms with van der Waals surface area (Å²) in [4.78, 5) is -0.300. The molecule has 0 atom stereocenters. The van der Waals surface area contributed by atoms with Crippen LogP contribution >= 0.6 is 7.92 Å². The first-order valence-corrected chi connectivity index (χ1v) is 11.6. The van der Waals surface area contributed by atoms with Crippen LogP contribution in [0.25, 0.3) is 11.1 Å². The summed E-state index contributed by atoms with van der Waals surface area (Å²) in [6.07, 6.45) is 0. The number of benzene rings is 3. The average Bonchev–Trinajstić information content (AvgIpc) is 2.75. The lowest BCUT2D eigenvalue weighted by Crippen LogP contribution is -2.25. The van der Waals surface area contributed by atoms with Gasteiger partial charge in [-0.3, -0.25) is 0 Å². The molecular weight excluding hydrogens is 402 g/mol. The van der Waals surface area contributed by atoms with Gasteiger partial charge in [-0.15, -0.1) is 3.89 Å². The maximum Gasteiger partial charge on any atom is 0.332 e. The molecule has 0 aliphatic carbocycles. The molecule has 0 bridgehead atoms. The minimum absolute atomic E-state index is 0.300. The second-order valence-electron chi connectivity index (χ2n) is 6.31. The van der Waals surface area contributed by atoms with Crippen molar-refractivity contribution in [2.45, 2.75) is 4.90 Å². The largest absolute Gasteiger partial charge is 0.332 e. The van der Waals surface area contributed by atoms with Gasteiger partial charge in [0.05, 0.1) is 0 Å². The van der Waals surface area contributed by atoms with Crippen LogP contribution in [0.4, 0.5) is 3.89 Å². The highest BCUT2D eigenvalue weighted by atomic mass is 32.3. The summed E-state index contributed by atoms with van der Waals surface area (Å²) < 4.78 is 38.7. The van der Waals surface area contributed by atoms with Gasteiger partial charge >= 0.3 is 10.2 Å². The van der Waals surface area contributed by atoms with Gasteiger partial charge in [-0.2, -0.15) is 8.42 Å². The fourth-order valence-corrected chi connectivity index (χ4v) is 6.91. The number of halogens is 1. The van der Waals surface area contributed by atoms with Gasteiger partial charge in [-0.05, 0) is 42.3 Å². The lowest BCUT2D eigenvalue weighted by Gasteiger charge is -2.23.